The SMILES string of the molecule is CCC[C@@H](CCO)Nc1nc(N)nc2ccn(Cc3ccccc3OC)c12. The number of rotatable bonds is 9. The summed E-state index contributed by atoms with van der Waals surface area (Å²) in [4.78, 5) is 8.81. The van der Waals surface area contributed by atoms with Gasteiger partial charge < -0.3 is 25.5 Å². The highest BCUT2D eigenvalue weighted by molar-refractivity contribution is 5.87. The molecule has 3 aromatic rings. The average molecular weight is 369 g/mol. The Labute approximate surface area is 159 Å². The second-order valence-corrected chi connectivity index (χ2v) is 6.56. The Bertz CT molecular complexity index is 887. The zero-order valence-corrected chi connectivity index (χ0v) is 15.9. The first kappa shape index (κ1) is 19.0. The second-order valence-electron chi connectivity index (χ2n) is 6.56. The first-order valence-corrected chi connectivity index (χ1v) is 9.27. The molecule has 0 fully saturated rings. The molecule has 0 aliphatic rings. The van der Waals surface area contributed by atoms with Crippen molar-refractivity contribution in [3.63, 3.8) is 0 Å². The van der Waals surface area contributed by atoms with Crippen LogP contribution in [0.1, 0.15) is 31.7 Å². The van der Waals surface area contributed by atoms with Gasteiger partial charge in [-0.2, -0.15) is 4.98 Å². The van der Waals surface area contributed by atoms with Gasteiger partial charge in [-0.25, -0.2) is 4.98 Å². The van der Waals surface area contributed by atoms with Crippen molar-refractivity contribution < 1.29 is 9.84 Å². The highest BCUT2D eigenvalue weighted by Gasteiger charge is 2.16. The van der Waals surface area contributed by atoms with Crippen LogP contribution in [0.15, 0.2) is 36.5 Å². The summed E-state index contributed by atoms with van der Waals surface area (Å²) < 4.78 is 7.57. The molecule has 1 atom stereocenters. The monoisotopic (exact) mass is 369 g/mol. The Morgan fingerprint density at radius 1 is 1.22 bits per heavy atom. The Balaban J connectivity index is 2.00. The fourth-order valence-corrected chi connectivity index (χ4v) is 3.36. The van der Waals surface area contributed by atoms with Crippen LogP contribution >= 0.6 is 0 Å². The molecule has 0 saturated heterocycles. The van der Waals surface area contributed by atoms with Crippen molar-refractivity contribution in [2.45, 2.75) is 38.8 Å². The molecule has 144 valence electrons. The van der Waals surface area contributed by atoms with Gasteiger partial charge in [0, 0.05) is 24.4 Å². The van der Waals surface area contributed by atoms with Crippen LogP contribution < -0.4 is 15.8 Å². The molecule has 0 amide bonds. The quantitative estimate of drug-likeness (QED) is 0.536. The zero-order chi connectivity index (χ0) is 19.2. The summed E-state index contributed by atoms with van der Waals surface area (Å²) >= 11 is 0. The summed E-state index contributed by atoms with van der Waals surface area (Å²) in [6.07, 6.45) is 4.60. The smallest absolute Gasteiger partial charge is 0.222 e. The van der Waals surface area contributed by atoms with Crippen LogP contribution in [0.4, 0.5) is 11.8 Å². The number of nitrogen functional groups attached to an aromatic ring is 1. The first-order chi connectivity index (χ1) is 13.2. The lowest BCUT2D eigenvalue weighted by atomic mass is 10.1. The topological polar surface area (TPSA) is 98.2 Å². The Hall–Kier alpha value is -2.80. The number of aliphatic hydroxyl groups excluding tert-OH is 1. The van der Waals surface area contributed by atoms with E-state index in [-0.39, 0.29) is 18.6 Å². The van der Waals surface area contributed by atoms with Crippen LogP contribution in [0.3, 0.4) is 0 Å². The minimum absolute atomic E-state index is 0.129. The number of para-hydroxylation sites is 1. The van der Waals surface area contributed by atoms with Gasteiger partial charge in [0.15, 0.2) is 5.82 Å². The van der Waals surface area contributed by atoms with Crippen LogP contribution in [-0.4, -0.2) is 39.4 Å². The molecule has 0 aliphatic heterocycles. The van der Waals surface area contributed by atoms with E-state index in [0.29, 0.717) is 18.8 Å². The number of hydrogen-bond donors (Lipinski definition) is 3. The second kappa shape index (κ2) is 8.73. The molecule has 7 nitrogen and oxygen atoms in total. The van der Waals surface area contributed by atoms with Crippen molar-refractivity contribution >= 4 is 22.8 Å². The lowest BCUT2D eigenvalue weighted by Crippen LogP contribution is -2.22. The van der Waals surface area contributed by atoms with Crippen LogP contribution in [0, 0.1) is 0 Å². The lowest BCUT2D eigenvalue weighted by Gasteiger charge is -2.19. The van der Waals surface area contributed by atoms with Gasteiger partial charge in [-0.15, -0.1) is 0 Å². The van der Waals surface area contributed by atoms with E-state index < -0.39 is 0 Å². The molecule has 3 rings (SSSR count). The van der Waals surface area contributed by atoms with Crippen LogP contribution in [0.25, 0.3) is 11.0 Å². The standard InChI is InChI=1S/C20H27N5O2/c1-3-6-15(10-12-26)22-19-18-16(23-20(21)24-19)9-11-25(18)13-14-7-4-5-8-17(14)27-2/h4-5,7-9,11,15,26H,3,6,10,12-13H2,1-2H3,(H3,21,22,23,24)/t15-/m0/s1. The van der Waals surface area contributed by atoms with Crippen LogP contribution in [0.2, 0.25) is 0 Å². The van der Waals surface area contributed by atoms with E-state index >= 15 is 0 Å². The minimum atomic E-state index is 0.129. The molecule has 0 unspecified atom stereocenters. The fraction of sp³-hybridized carbons (Fsp3) is 0.400. The van der Waals surface area contributed by atoms with Crippen LogP contribution in [0.5, 0.6) is 5.75 Å². The number of nitrogens with zero attached hydrogens (tertiary/aromatic N) is 3. The highest BCUT2D eigenvalue weighted by atomic mass is 16.5. The molecule has 2 heterocycles. The Kier molecular flexibility index (Phi) is 6.13. The van der Waals surface area contributed by atoms with Crippen molar-refractivity contribution in [3.05, 3.63) is 42.1 Å². The number of nitrogens with two attached hydrogens (primary N) is 1. The van der Waals surface area contributed by atoms with Crippen LogP contribution in [-0.2, 0) is 6.54 Å². The maximum Gasteiger partial charge on any atom is 0.222 e. The lowest BCUT2D eigenvalue weighted by molar-refractivity contribution is 0.276. The predicted octanol–water partition coefficient (Wildman–Crippen LogP) is 3.03. The van der Waals surface area contributed by atoms with Gasteiger partial charge in [0.05, 0.1) is 19.2 Å². The number of hydrogen-bond acceptors (Lipinski definition) is 6. The van der Waals surface area contributed by atoms with Gasteiger partial charge in [-0.05, 0) is 25.0 Å². The Morgan fingerprint density at radius 2 is 2.04 bits per heavy atom. The number of methoxy groups -OCH3 is 1. The molecule has 2 aromatic heterocycles. The van der Waals surface area contributed by atoms with Gasteiger partial charge in [0.25, 0.3) is 0 Å². The average Bonchev–Trinajstić information content (AvgIpc) is 3.05. The van der Waals surface area contributed by atoms with Crippen molar-refractivity contribution in [1.82, 2.24) is 14.5 Å². The summed E-state index contributed by atoms with van der Waals surface area (Å²) in [6.45, 7) is 2.89. The van der Waals surface area contributed by atoms with Crippen molar-refractivity contribution in [1.29, 1.82) is 0 Å². The number of nitrogens with one attached hydrogen (secondary N) is 1. The number of aromatic nitrogens is 3. The van der Waals surface area contributed by atoms with E-state index in [1.807, 2.05) is 36.5 Å². The fourth-order valence-electron chi connectivity index (χ4n) is 3.36. The number of aliphatic hydroxyl groups is 1. The highest BCUT2D eigenvalue weighted by Crippen LogP contribution is 2.27. The first-order valence-electron chi connectivity index (χ1n) is 9.27. The summed E-state index contributed by atoms with van der Waals surface area (Å²) in [6, 6.07) is 10.0. The molecule has 1 aromatic carbocycles. The third kappa shape index (κ3) is 4.31. The molecule has 0 saturated carbocycles. The number of benzene rings is 1. The summed E-state index contributed by atoms with van der Waals surface area (Å²) in [5, 5.41) is 12.8. The van der Waals surface area contributed by atoms with Gasteiger partial charge in [0.2, 0.25) is 5.95 Å². The van der Waals surface area contributed by atoms with Gasteiger partial charge in [-0.3, -0.25) is 0 Å². The van der Waals surface area contributed by atoms with E-state index in [4.69, 9.17) is 10.5 Å². The van der Waals surface area contributed by atoms with Crippen molar-refractivity contribution in [2.75, 3.05) is 24.8 Å². The zero-order valence-electron chi connectivity index (χ0n) is 15.9. The van der Waals surface area contributed by atoms with E-state index in [0.717, 1.165) is 35.2 Å². The molecule has 0 bridgehead atoms. The van der Waals surface area contributed by atoms with E-state index in [2.05, 4.69) is 26.8 Å². The molecular weight excluding hydrogens is 342 g/mol. The summed E-state index contributed by atoms with van der Waals surface area (Å²) in [5.41, 5.74) is 8.67. The largest absolute Gasteiger partial charge is 0.496 e. The van der Waals surface area contributed by atoms with Crippen molar-refractivity contribution in [3.8, 4) is 5.75 Å². The van der Waals surface area contributed by atoms with Gasteiger partial charge in [0.1, 0.15) is 11.3 Å². The summed E-state index contributed by atoms with van der Waals surface area (Å²) in [5.74, 6) is 1.78. The summed E-state index contributed by atoms with van der Waals surface area (Å²) in [7, 11) is 1.67. The normalized spacial score (nSPS) is 12.3. The van der Waals surface area contributed by atoms with E-state index in [1.165, 1.54) is 0 Å². The molecule has 7 heteroatoms. The predicted molar refractivity (Wildman–Crippen MR) is 108 cm³/mol. The molecule has 4 N–H and O–H groups in total. The molecular formula is C20H27N5O2. The van der Waals surface area contributed by atoms with Gasteiger partial charge in [-0.1, -0.05) is 31.5 Å². The Morgan fingerprint density at radius 3 is 2.78 bits per heavy atom. The van der Waals surface area contributed by atoms with Gasteiger partial charge >= 0.3 is 0 Å². The van der Waals surface area contributed by atoms with Crippen molar-refractivity contribution in [2.24, 2.45) is 0 Å². The van der Waals surface area contributed by atoms with E-state index in [9.17, 15) is 5.11 Å². The third-order valence-corrected chi connectivity index (χ3v) is 4.62. The molecule has 0 radical (unpaired) electrons. The maximum absolute atomic E-state index is 9.36. The number of anilines is 2. The third-order valence-electron chi connectivity index (χ3n) is 4.62. The molecule has 0 aliphatic carbocycles. The maximum atomic E-state index is 9.36. The molecule has 0 spiro atoms. The molecule has 27 heavy (non-hydrogen) atoms. The minimum Gasteiger partial charge on any atom is -0.496 e. The van der Waals surface area contributed by atoms with E-state index in [1.54, 1.807) is 7.11 Å². The number of fused-ring (bicyclic) bond motifs is 1. The number of ether oxygens (including phenoxy) is 1.